The Morgan fingerprint density at radius 1 is 1.40 bits per heavy atom. The van der Waals surface area contributed by atoms with E-state index in [1.165, 1.54) is 5.56 Å². The number of nitrogens with zero attached hydrogens (tertiary/aromatic N) is 2. The van der Waals surface area contributed by atoms with Crippen molar-refractivity contribution in [2.75, 3.05) is 0 Å². The van der Waals surface area contributed by atoms with Crippen LogP contribution in [-0.2, 0) is 18.6 Å². The van der Waals surface area contributed by atoms with Crippen LogP contribution in [0, 0.1) is 0 Å². The first-order valence-electron chi connectivity index (χ1n) is 7.19. The van der Waals surface area contributed by atoms with Gasteiger partial charge in [-0.15, -0.1) is 0 Å². The average molecular weight is 335 g/mol. The Balaban J connectivity index is 2.17. The molecule has 0 bridgehead atoms. The Morgan fingerprint density at radius 3 is 3.00 bits per heavy atom. The number of hydrogen-bond donors (Lipinski definition) is 1. The summed E-state index contributed by atoms with van der Waals surface area (Å²) in [6.07, 6.45) is 5.58. The molecule has 0 saturated carbocycles. The van der Waals surface area contributed by atoms with Gasteiger partial charge < -0.3 is 5.11 Å². The molecule has 1 heterocycles. The van der Waals surface area contributed by atoms with E-state index in [0.29, 0.717) is 0 Å². The molecule has 3 nitrogen and oxygen atoms in total. The van der Waals surface area contributed by atoms with E-state index in [-0.39, 0.29) is 0 Å². The van der Waals surface area contributed by atoms with E-state index in [1.807, 2.05) is 22.9 Å². The lowest BCUT2D eigenvalue weighted by Crippen LogP contribution is -2.34. The van der Waals surface area contributed by atoms with Crippen molar-refractivity contribution in [2.24, 2.45) is 0 Å². The van der Waals surface area contributed by atoms with Crippen LogP contribution in [0.2, 0.25) is 0 Å². The number of aryl methyl sites for hydroxylation is 2. The Labute approximate surface area is 127 Å². The van der Waals surface area contributed by atoms with Crippen LogP contribution in [0.5, 0.6) is 0 Å². The molecular weight excluding hydrogens is 316 g/mol. The van der Waals surface area contributed by atoms with Crippen LogP contribution >= 0.6 is 15.9 Å². The predicted molar refractivity (Wildman–Crippen MR) is 82.6 cm³/mol. The molecule has 1 N–H and O–H groups in total. The van der Waals surface area contributed by atoms with E-state index in [4.69, 9.17) is 0 Å². The monoisotopic (exact) mass is 334 g/mol. The number of aliphatic hydroxyl groups is 1. The zero-order valence-electron chi connectivity index (χ0n) is 11.6. The van der Waals surface area contributed by atoms with Gasteiger partial charge in [0.05, 0.1) is 16.4 Å². The number of aromatic nitrogens is 2. The van der Waals surface area contributed by atoms with Gasteiger partial charge in [-0.3, -0.25) is 4.68 Å². The summed E-state index contributed by atoms with van der Waals surface area (Å²) in [6, 6.07) is 8.21. The molecule has 0 amide bonds. The third-order valence-electron chi connectivity index (χ3n) is 4.07. The van der Waals surface area contributed by atoms with E-state index >= 15 is 0 Å². The average Bonchev–Trinajstić information content (AvgIpc) is 2.81. The highest BCUT2D eigenvalue weighted by Gasteiger charge is 2.40. The van der Waals surface area contributed by atoms with E-state index in [1.54, 1.807) is 6.20 Å². The van der Waals surface area contributed by atoms with Gasteiger partial charge in [-0.1, -0.05) is 31.2 Å². The molecule has 1 aliphatic rings. The summed E-state index contributed by atoms with van der Waals surface area (Å²) in [5.74, 6) is 0. The summed E-state index contributed by atoms with van der Waals surface area (Å²) in [7, 11) is 0. The number of hydrogen-bond acceptors (Lipinski definition) is 2. The Kier molecular flexibility index (Phi) is 3.69. The number of fused-ring (bicyclic) bond motifs is 1. The van der Waals surface area contributed by atoms with Crippen molar-refractivity contribution in [2.45, 2.75) is 44.8 Å². The van der Waals surface area contributed by atoms with Gasteiger partial charge in [0.25, 0.3) is 0 Å². The molecule has 4 heteroatoms. The molecule has 1 aliphatic carbocycles. The van der Waals surface area contributed by atoms with Crippen molar-refractivity contribution in [3.8, 4) is 0 Å². The molecule has 0 spiro atoms. The molecule has 1 aromatic carbocycles. The quantitative estimate of drug-likeness (QED) is 0.930. The lowest BCUT2D eigenvalue weighted by atomic mass is 9.77. The van der Waals surface area contributed by atoms with Crippen molar-refractivity contribution >= 4 is 15.9 Å². The molecule has 1 atom stereocenters. The Morgan fingerprint density at radius 2 is 2.20 bits per heavy atom. The maximum Gasteiger partial charge on any atom is 0.133 e. The minimum absolute atomic E-state index is 0.748. The van der Waals surface area contributed by atoms with Gasteiger partial charge in [0.2, 0.25) is 0 Å². The number of benzene rings is 1. The maximum absolute atomic E-state index is 11.4. The summed E-state index contributed by atoms with van der Waals surface area (Å²) >= 11 is 3.57. The highest BCUT2D eigenvalue weighted by atomic mass is 79.9. The maximum atomic E-state index is 11.4. The smallest absolute Gasteiger partial charge is 0.133 e. The molecule has 0 fully saturated rings. The number of halogens is 1. The van der Waals surface area contributed by atoms with E-state index in [9.17, 15) is 5.11 Å². The zero-order valence-corrected chi connectivity index (χ0v) is 13.2. The standard InChI is InChI=1S/C16H19BrN2O/c1-2-10-19-15(14(17)11-18-19)16(20)9-5-7-12-6-3-4-8-13(12)16/h3-4,6,8,11,20H,2,5,7,9-10H2,1H3. The van der Waals surface area contributed by atoms with Crippen molar-refractivity contribution in [3.63, 3.8) is 0 Å². The summed E-state index contributed by atoms with van der Waals surface area (Å²) in [4.78, 5) is 0. The third kappa shape index (κ3) is 2.11. The van der Waals surface area contributed by atoms with Crippen LogP contribution in [-0.4, -0.2) is 14.9 Å². The summed E-state index contributed by atoms with van der Waals surface area (Å²) in [5, 5.41) is 15.8. The van der Waals surface area contributed by atoms with Crippen LogP contribution < -0.4 is 0 Å². The highest BCUT2D eigenvalue weighted by molar-refractivity contribution is 9.10. The van der Waals surface area contributed by atoms with Crippen LogP contribution in [0.15, 0.2) is 34.9 Å². The third-order valence-corrected chi connectivity index (χ3v) is 4.65. The molecule has 0 saturated heterocycles. The van der Waals surface area contributed by atoms with Gasteiger partial charge >= 0.3 is 0 Å². The second kappa shape index (κ2) is 5.34. The van der Waals surface area contributed by atoms with Crippen LogP contribution in [0.3, 0.4) is 0 Å². The summed E-state index contributed by atoms with van der Waals surface area (Å²) in [5.41, 5.74) is 2.24. The second-order valence-electron chi connectivity index (χ2n) is 5.44. The molecule has 106 valence electrons. The predicted octanol–water partition coefficient (Wildman–Crippen LogP) is 3.63. The van der Waals surface area contributed by atoms with Crippen LogP contribution in [0.4, 0.5) is 0 Å². The van der Waals surface area contributed by atoms with Crippen LogP contribution in [0.1, 0.15) is 43.0 Å². The van der Waals surface area contributed by atoms with E-state index in [0.717, 1.165) is 48.0 Å². The van der Waals surface area contributed by atoms with Crippen molar-refractivity contribution in [3.05, 3.63) is 51.8 Å². The highest BCUT2D eigenvalue weighted by Crippen LogP contribution is 2.43. The first kappa shape index (κ1) is 13.8. The molecule has 0 radical (unpaired) electrons. The minimum atomic E-state index is -0.931. The fourth-order valence-electron chi connectivity index (χ4n) is 3.21. The van der Waals surface area contributed by atoms with Gasteiger partial charge in [-0.2, -0.15) is 5.10 Å². The zero-order chi connectivity index (χ0) is 14.2. The van der Waals surface area contributed by atoms with Gasteiger partial charge in [-0.05, 0) is 52.7 Å². The fraction of sp³-hybridized carbons (Fsp3) is 0.438. The summed E-state index contributed by atoms with van der Waals surface area (Å²) in [6.45, 7) is 2.95. The topological polar surface area (TPSA) is 38.0 Å². The van der Waals surface area contributed by atoms with Gasteiger partial charge in [0.15, 0.2) is 0 Å². The number of rotatable bonds is 3. The molecular formula is C16H19BrN2O. The minimum Gasteiger partial charge on any atom is -0.379 e. The first-order valence-corrected chi connectivity index (χ1v) is 7.98. The normalized spacial score (nSPS) is 21.8. The van der Waals surface area contributed by atoms with Gasteiger partial charge in [0.1, 0.15) is 5.60 Å². The molecule has 0 aliphatic heterocycles. The molecule has 3 rings (SSSR count). The first-order chi connectivity index (χ1) is 9.66. The molecule has 2 aromatic rings. The lowest BCUT2D eigenvalue weighted by molar-refractivity contribution is 0.0513. The molecule has 20 heavy (non-hydrogen) atoms. The molecule has 1 aromatic heterocycles. The van der Waals surface area contributed by atoms with Gasteiger partial charge in [-0.25, -0.2) is 0 Å². The van der Waals surface area contributed by atoms with Crippen molar-refractivity contribution < 1.29 is 5.11 Å². The fourth-order valence-corrected chi connectivity index (χ4v) is 3.84. The SMILES string of the molecule is CCCn1ncc(Br)c1C1(O)CCCc2ccccc21. The Bertz CT molecular complexity index is 623. The van der Waals surface area contributed by atoms with Crippen molar-refractivity contribution in [1.82, 2.24) is 9.78 Å². The lowest BCUT2D eigenvalue weighted by Gasteiger charge is -2.35. The Hall–Kier alpha value is -1.13. The van der Waals surface area contributed by atoms with Crippen LogP contribution in [0.25, 0.3) is 0 Å². The largest absolute Gasteiger partial charge is 0.379 e. The van der Waals surface area contributed by atoms with Crippen molar-refractivity contribution in [1.29, 1.82) is 0 Å². The van der Waals surface area contributed by atoms with E-state index < -0.39 is 5.60 Å². The summed E-state index contributed by atoms with van der Waals surface area (Å²) < 4.78 is 2.83. The molecule has 1 unspecified atom stereocenters. The van der Waals surface area contributed by atoms with E-state index in [2.05, 4.69) is 34.0 Å². The van der Waals surface area contributed by atoms with Gasteiger partial charge in [0, 0.05) is 6.54 Å². The second-order valence-corrected chi connectivity index (χ2v) is 6.29.